The van der Waals surface area contributed by atoms with Crippen LogP contribution in [0.1, 0.15) is 25.3 Å². The number of alkyl halides is 1. The van der Waals surface area contributed by atoms with Crippen LogP contribution < -0.4 is 14.2 Å². The molecule has 0 fully saturated rings. The minimum absolute atomic E-state index is 0.501. The van der Waals surface area contributed by atoms with E-state index in [0.29, 0.717) is 18.3 Å². The highest BCUT2D eigenvalue weighted by Gasteiger charge is 2.15. The van der Waals surface area contributed by atoms with Gasteiger partial charge in [-0.15, -0.1) is 0 Å². The highest BCUT2D eigenvalue weighted by atomic mass is 79.9. The zero-order valence-electron chi connectivity index (χ0n) is 12.2. The van der Waals surface area contributed by atoms with Gasteiger partial charge < -0.3 is 14.2 Å². The fourth-order valence-corrected chi connectivity index (χ4v) is 2.48. The summed E-state index contributed by atoms with van der Waals surface area (Å²) >= 11 is 3.53. The Morgan fingerprint density at radius 1 is 1.16 bits per heavy atom. The first-order chi connectivity index (χ1) is 9.15. The molecule has 1 aromatic carbocycles. The van der Waals surface area contributed by atoms with Gasteiger partial charge in [-0.3, -0.25) is 0 Å². The second-order valence-electron chi connectivity index (χ2n) is 4.62. The van der Waals surface area contributed by atoms with Crippen molar-refractivity contribution in [3.63, 3.8) is 0 Å². The van der Waals surface area contributed by atoms with Gasteiger partial charge in [0.25, 0.3) is 0 Å². The van der Waals surface area contributed by atoms with Crippen LogP contribution in [0.4, 0.5) is 0 Å². The van der Waals surface area contributed by atoms with Crippen molar-refractivity contribution in [1.82, 2.24) is 0 Å². The second kappa shape index (κ2) is 8.31. The van der Waals surface area contributed by atoms with E-state index in [4.69, 9.17) is 14.2 Å². The fourth-order valence-electron chi connectivity index (χ4n) is 1.97. The van der Waals surface area contributed by atoms with E-state index in [1.165, 1.54) is 0 Å². The van der Waals surface area contributed by atoms with E-state index in [9.17, 15) is 0 Å². The number of aryl methyl sites for hydroxylation is 1. The van der Waals surface area contributed by atoms with Gasteiger partial charge >= 0.3 is 0 Å². The first kappa shape index (κ1) is 16.2. The molecule has 0 spiro atoms. The van der Waals surface area contributed by atoms with Crippen LogP contribution in [0.25, 0.3) is 0 Å². The number of hydrogen-bond donors (Lipinski definition) is 0. The van der Waals surface area contributed by atoms with Crippen molar-refractivity contribution in [2.45, 2.75) is 26.7 Å². The Morgan fingerprint density at radius 2 is 1.74 bits per heavy atom. The van der Waals surface area contributed by atoms with E-state index in [1.807, 2.05) is 19.1 Å². The Kier molecular flexibility index (Phi) is 7.06. The molecule has 1 unspecified atom stereocenters. The summed E-state index contributed by atoms with van der Waals surface area (Å²) in [5.41, 5.74) is 1.09. The summed E-state index contributed by atoms with van der Waals surface area (Å²) in [6, 6.07) is 3.92. The van der Waals surface area contributed by atoms with E-state index in [0.717, 1.165) is 35.2 Å². The molecule has 1 atom stereocenters. The second-order valence-corrected chi connectivity index (χ2v) is 5.27. The van der Waals surface area contributed by atoms with Gasteiger partial charge in [0.05, 0.1) is 20.8 Å². The highest BCUT2D eigenvalue weighted by Crippen LogP contribution is 2.38. The summed E-state index contributed by atoms with van der Waals surface area (Å²) in [5, 5.41) is 0.942. The zero-order valence-corrected chi connectivity index (χ0v) is 13.7. The van der Waals surface area contributed by atoms with Gasteiger partial charge in [-0.25, -0.2) is 0 Å². The average Bonchev–Trinajstić information content (AvgIpc) is 2.43. The van der Waals surface area contributed by atoms with Crippen LogP contribution in [0.3, 0.4) is 0 Å². The molecule has 0 N–H and O–H groups in total. The molecule has 0 bridgehead atoms. The van der Waals surface area contributed by atoms with Crippen molar-refractivity contribution in [3.8, 4) is 17.2 Å². The molecule has 0 aliphatic rings. The van der Waals surface area contributed by atoms with E-state index in [-0.39, 0.29) is 0 Å². The van der Waals surface area contributed by atoms with Gasteiger partial charge in [0.1, 0.15) is 0 Å². The van der Waals surface area contributed by atoms with Crippen LogP contribution in [0.5, 0.6) is 17.2 Å². The van der Waals surface area contributed by atoms with Crippen LogP contribution >= 0.6 is 15.9 Å². The standard InChI is InChI=1S/C15H23BrO3/c1-5-6-12(9-16)10-19-15-13(17-3)7-11(2)8-14(15)18-4/h7-8,12H,5-6,9-10H2,1-4H3. The third-order valence-electron chi connectivity index (χ3n) is 2.98. The van der Waals surface area contributed by atoms with Crippen LogP contribution in [0.15, 0.2) is 12.1 Å². The van der Waals surface area contributed by atoms with Gasteiger partial charge in [0.15, 0.2) is 11.5 Å². The number of benzene rings is 1. The molecule has 0 heterocycles. The number of halogens is 1. The van der Waals surface area contributed by atoms with Gasteiger partial charge in [-0.05, 0) is 31.0 Å². The molecule has 108 valence electrons. The molecule has 0 saturated heterocycles. The Balaban J connectivity index is 2.86. The lowest BCUT2D eigenvalue weighted by Gasteiger charge is -2.18. The van der Waals surface area contributed by atoms with Crippen LogP contribution in [0, 0.1) is 12.8 Å². The molecule has 19 heavy (non-hydrogen) atoms. The van der Waals surface area contributed by atoms with Crippen molar-refractivity contribution in [1.29, 1.82) is 0 Å². The molecule has 0 aromatic heterocycles. The van der Waals surface area contributed by atoms with E-state index in [1.54, 1.807) is 14.2 Å². The van der Waals surface area contributed by atoms with Gasteiger partial charge in [0, 0.05) is 11.2 Å². The quantitative estimate of drug-likeness (QED) is 0.668. The molecular formula is C15H23BrO3. The molecule has 1 rings (SSSR count). The van der Waals surface area contributed by atoms with Crippen molar-refractivity contribution >= 4 is 15.9 Å². The van der Waals surface area contributed by atoms with Crippen molar-refractivity contribution < 1.29 is 14.2 Å². The van der Waals surface area contributed by atoms with Crippen LogP contribution in [-0.2, 0) is 0 Å². The largest absolute Gasteiger partial charge is 0.493 e. The predicted molar refractivity (Wildman–Crippen MR) is 82.0 cm³/mol. The molecule has 0 amide bonds. The molecule has 0 aliphatic heterocycles. The molecule has 1 aromatic rings. The lowest BCUT2D eigenvalue weighted by Crippen LogP contribution is -2.14. The smallest absolute Gasteiger partial charge is 0.203 e. The SMILES string of the molecule is CCCC(CBr)COc1c(OC)cc(C)cc1OC. The molecule has 4 heteroatoms. The molecular weight excluding hydrogens is 308 g/mol. The minimum atomic E-state index is 0.501. The summed E-state index contributed by atoms with van der Waals surface area (Å²) in [4.78, 5) is 0. The molecule has 0 saturated carbocycles. The summed E-state index contributed by atoms with van der Waals surface area (Å²) in [5.74, 6) is 2.64. The Bertz CT molecular complexity index is 368. The maximum absolute atomic E-state index is 5.93. The molecule has 0 radical (unpaired) electrons. The van der Waals surface area contributed by atoms with E-state index < -0.39 is 0 Å². The van der Waals surface area contributed by atoms with Gasteiger partial charge in [-0.1, -0.05) is 29.3 Å². The minimum Gasteiger partial charge on any atom is -0.493 e. The van der Waals surface area contributed by atoms with Gasteiger partial charge in [0.2, 0.25) is 5.75 Å². The molecule has 3 nitrogen and oxygen atoms in total. The monoisotopic (exact) mass is 330 g/mol. The van der Waals surface area contributed by atoms with E-state index >= 15 is 0 Å². The van der Waals surface area contributed by atoms with E-state index in [2.05, 4.69) is 22.9 Å². The summed E-state index contributed by atoms with van der Waals surface area (Å²) < 4.78 is 16.7. The summed E-state index contributed by atoms with van der Waals surface area (Å²) in [6.45, 7) is 4.85. The Morgan fingerprint density at radius 3 is 2.16 bits per heavy atom. The zero-order chi connectivity index (χ0) is 14.3. The Labute approximate surface area is 124 Å². The van der Waals surface area contributed by atoms with Crippen molar-refractivity contribution in [2.24, 2.45) is 5.92 Å². The van der Waals surface area contributed by atoms with Crippen molar-refractivity contribution in [2.75, 3.05) is 26.2 Å². The first-order valence-corrected chi connectivity index (χ1v) is 7.69. The predicted octanol–water partition coefficient (Wildman–Crippen LogP) is 4.20. The lowest BCUT2D eigenvalue weighted by molar-refractivity contribution is 0.232. The average molecular weight is 331 g/mol. The van der Waals surface area contributed by atoms with Crippen molar-refractivity contribution in [3.05, 3.63) is 17.7 Å². The first-order valence-electron chi connectivity index (χ1n) is 6.57. The number of hydrogen-bond acceptors (Lipinski definition) is 3. The number of methoxy groups -OCH3 is 2. The topological polar surface area (TPSA) is 27.7 Å². The number of rotatable bonds is 8. The maximum Gasteiger partial charge on any atom is 0.203 e. The molecule has 0 aliphatic carbocycles. The maximum atomic E-state index is 5.93. The van der Waals surface area contributed by atoms with Crippen LogP contribution in [0.2, 0.25) is 0 Å². The lowest BCUT2D eigenvalue weighted by atomic mass is 10.1. The summed E-state index contributed by atoms with van der Waals surface area (Å²) in [7, 11) is 3.30. The highest BCUT2D eigenvalue weighted by molar-refractivity contribution is 9.09. The third kappa shape index (κ3) is 4.60. The van der Waals surface area contributed by atoms with Crippen LogP contribution in [-0.4, -0.2) is 26.2 Å². The Hall–Kier alpha value is -0.900. The fraction of sp³-hybridized carbons (Fsp3) is 0.600. The number of ether oxygens (including phenoxy) is 3. The normalized spacial score (nSPS) is 12.1. The third-order valence-corrected chi connectivity index (χ3v) is 3.90. The summed E-state index contributed by atoms with van der Waals surface area (Å²) in [6.07, 6.45) is 2.30. The van der Waals surface area contributed by atoms with Gasteiger partial charge in [-0.2, -0.15) is 0 Å².